The molecule has 0 aromatic heterocycles. The summed E-state index contributed by atoms with van der Waals surface area (Å²) in [6.07, 6.45) is 0. The Kier molecular flexibility index (Phi) is 6.95. The number of nitrogens with zero attached hydrogens (tertiary/aromatic N) is 1. The molecule has 0 radical (unpaired) electrons. The Bertz CT molecular complexity index is 1660. The van der Waals surface area contributed by atoms with E-state index in [9.17, 15) is 4.79 Å². The third-order valence-electron chi connectivity index (χ3n) is 7.78. The van der Waals surface area contributed by atoms with E-state index in [-0.39, 0.29) is 23.7 Å². The van der Waals surface area contributed by atoms with Gasteiger partial charge in [-0.3, -0.25) is 4.79 Å². The smallest absolute Gasteiger partial charge is 0.315 e. The van der Waals surface area contributed by atoms with Gasteiger partial charge in [0.15, 0.2) is 0 Å². The number of anilines is 3. The maximum atomic E-state index is 11.6. The SMILES string of the molecule is CC1(C)c2ccccc2-c2ccc(N(c3ccc(COC(=O)CS)cc3)c3ccc(-c4ccccc4)cc3)cc21. The number of carbonyl (C=O) groups excluding carboxylic acids is 1. The molecule has 0 saturated carbocycles. The van der Waals surface area contributed by atoms with Crippen molar-refractivity contribution >= 4 is 35.7 Å². The Balaban J connectivity index is 1.41. The van der Waals surface area contributed by atoms with E-state index < -0.39 is 0 Å². The van der Waals surface area contributed by atoms with Crippen LogP contribution in [0.5, 0.6) is 0 Å². The lowest BCUT2D eigenvalue weighted by atomic mass is 9.82. The van der Waals surface area contributed by atoms with E-state index in [0.29, 0.717) is 0 Å². The van der Waals surface area contributed by atoms with Crippen LogP contribution in [0.1, 0.15) is 30.5 Å². The predicted octanol–water partition coefficient (Wildman–Crippen LogP) is 9.10. The minimum atomic E-state index is -0.325. The summed E-state index contributed by atoms with van der Waals surface area (Å²) in [4.78, 5) is 13.9. The van der Waals surface area contributed by atoms with Crippen molar-refractivity contribution in [3.63, 3.8) is 0 Å². The van der Waals surface area contributed by atoms with Gasteiger partial charge in [0.25, 0.3) is 0 Å². The summed E-state index contributed by atoms with van der Waals surface area (Å²) in [5.74, 6) is -0.252. The van der Waals surface area contributed by atoms with Crippen LogP contribution in [0.15, 0.2) is 121 Å². The van der Waals surface area contributed by atoms with E-state index in [1.165, 1.54) is 33.4 Å². The molecule has 0 heterocycles. The third kappa shape index (κ3) is 4.80. The zero-order chi connectivity index (χ0) is 27.7. The van der Waals surface area contributed by atoms with Gasteiger partial charge in [0.2, 0.25) is 0 Å². The fraction of sp³-hybridized carbons (Fsp3) is 0.139. The van der Waals surface area contributed by atoms with Gasteiger partial charge in [0.05, 0.1) is 5.75 Å². The van der Waals surface area contributed by atoms with E-state index in [1.54, 1.807) is 0 Å². The minimum Gasteiger partial charge on any atom is -0.460 e. The predicted molar refractivity (Wildman–Crippen MR) is 168 cm³/mol. The first-order valence-corrected chi connectivity index (χ1v) is 14.1. The Morgan fingerprint density at radius 2 is 1.25 bits per heavy atom. The minimum absolute atomic E-state index is 0.0728. The molecule has 40 heavy (non-hydrogen) atoms. The van der Waals surface area contributed by atoms with Gasteiger partial charge < -0.3 is 9.64 Å². The summed E-state index contributed by atoms with van der Waals surface area (Å²) in [7, 11) is 0. The monoisotopic (exact) mass is 541 g/mol. The van der Waals surface area contributed by atoms with Crippen molar-refractivity contribution in [1.29, 1.82) is 0 Å². The Morgan fingerprint density at radius 1 is 0.675 bits per heavy atom. The molecule has 0 N–H and O–H groups in total. The third-order valence-corrected chi connectivity index (χ3v) is 8.04. The molecule has 198 valence electrons. The number of ether oxygens (including phenoxy) is 1. The second-order valence-corrected chi connectivity index (χ2v) is 11.0. The second-order valence-electron chi connectivity index (χ2n) is 10.6. The molecule has 0 saturated heterocycles. The van der Waals surface area contributed by atoms with Crippen LogP contribution in [-0.2, 0) is 21.6 Å². The van der Waals surface area contributed by atoms with Gasteiger partial charge in [-0.25, -0.2) is 0 Å². The van der Waals surface area contributed by atoms with E-state index in [2.05, 4.69) is 135 Å². The summed E-state index contributed by atoms with van der Waals surface area (Å²) < 4.78 is 5.28. The molecule has 0 aliphatic heterocycles. The molecule has 0 atom stereocenters. The van der Waals surface area contributed by atoms with E-state index in [1.807, 2.05) is 18.2 Å². The summed E-state index contributed by atoms with van der Waals surface area (Å²) in [5, 5.41) is 0. The zero-order valence-corrected chi connectivity index (χ0v) is 23.6. The second kappa shape index (κ2) is 10.7. The summed E-state index contributed by atoms with van der Waals surface area (Å²) in [6.45, 7) is 4.85. The van der Waals surface area contributed by atoms with E-state index >= 15 is 0 Å². The van der Waals surface area contributed by atoms with Crippen molar-refractivity contribution in [2.75, 3.05) is 10.7 Å². The van der Waals surface area contributed by atoms with Crippen LogP contribution >= 0.6 is 12.6 Å². The van der Waals surface area contributed by atoms with Crippen molar-refractivity contribution in [2.24, 2.45) is 0 Å². The molecule has 6 rings (SSSR count). The number of fused-ring (bicyclic) bond motifs is 3. The van der Waals surface area contributed by atoms with Crippen molar-refractivity contribution < 1.29 is 9.53 Å². The van der Waals surface area contributed by atoms with Gasteiger partial charge in [-0.15, -0.1) is 0 Å². The molecule has 0 bridgehead atoms. The molecule has 5 aromatic rings. The van der Waals surface area contributed by atoms with Crippen LogP contribution in [-0.4, -0.2) is 11.7 Å². The van der Waals surface area contributed by atoms with Crippen LogP contribution in [0, 0.1) is 0 Å². The number of rotatable bonds is 7. The molecular formula is C36H31NO2S. The molecule has 0 unspecified atom stereocenters. The number of benzene rings is 5. The standard InChI is InChI=1S/C36H31NO2S/c1-36(2)33-11-7-6-10-31(33)32-21-20-30(22-34(32)36)37(28-16-12-25(13-17-28)23-39-35(38)24-40)29-18-14-27(15-19-29)26-8-4-3-5-9-26/h3-22,40H,23-24H2,1-2H3. The number of thiol groups is 1. The van der Waals surface area contributed by atoms with Gasteiger partial charge in [-0.05, 0) is 75.3 Å². The highest BCUT2D eigenvalue weighted by Crippen LogP contribution is 2.50. The Morgan fingerprint density at radius 3 is 1.95 bits per heavy atom. The number of carbonyl (C=O) groups is 1. The summed E-state index contributed by atoms with van der Waals surface area (Å²) in [5.41, 5.74) is 11.7. The first kappa shape index (κ1) is 26.0. The van der Waals surface area contributed by atoms with Gasteiger partial charge in [-0.1, -0.05) is 98.8 Å². The van der Waals surface area contributed by atoms with Gasteiger partial charge in [0, 0.05) is 22.5 Å². The highest BCUT2D eigenvalue weighted by Gasteiger charge is 2.35. The fourth-order valence-electron chi connectivity index (χ4n) is 5.66. The molecule has 5 aromatic carbocycles. The van der Waals surface area contributed by atoms with E-state index in [4.69, 9.17) is 4.74 Å². The molecule has 1 aliphatic rings. The van der Waals surface area contributed by atoms with Crippen LogP contribution in [0.4, 0.5) is 17.1 Å². The normalized spacial score (nSPS) is 12.9. The average molecular weight is 542 g/mol. The molecule has 0 spiro atoms. The van der Waals surface area contributed by atoms with Crippen molar-refractivity contribution in [1.82, 2.24) is 0 Å². The number of esters is 1. The van der Waals surface area contributed by atoms with Crippen LogP contribution < -0.4 is 4.90 Å². The number of hydrogen-bond donors (Lipinski definition) is 1. The van der Waals surface area contributed by atoms with E-state index in [0.717, 1.165) is 22.6 Å². The zero-order valence-electron chi connectivity index (χ0n) is 22.7. The average Bonchev–Trinajstić information content (AvgIpc) is 3.23. The van der Waals surface area contributed by atoms with Crippen LogP contribution in [0.2, 0.25) is 0 Å². The fourth-order valence-corrected chi connectivity index (χ4v) is 5.75. The van der Waals surface area contributed by atoms with Crippen molar-refractivity contribution in [2.45, 2.75) is 25.9 Å². The largest absolute Gasteiger partial charge is 0.460 e. The first-order chi connectivity index (χ1) is 19.5. The highest BCUT2D eigenvalue weighted by molar-refractivity contribution is 7.81. The lowest BCUT2D eigenvalue weighted by Crippen LogP contribution is -2.16. The van der Waals surface area contributed by atoms with Gasteiger partial charge in [0.1, 0.15) is 6.61 Å². The van der Waals surface area contributed by atoms with Gasteiger partial charge in [-0.2, -0.15) is 12.6 Å². The lowest BCUT2D eigenvalue weighted by Gasteiger charge is -2.28. The van der Waals surface area contributed by atoms with Crippen molar-refractivity contribution in [3.8, 4) is 22.3 Å². The molecular weight excluding hydrogens is 510 g/mol. The van der Waals surface area contributed by atoms with Crippen LogP contribution in [0.3, 0.4) is 0 Å². The Hall–Kier alpha value is -4.28. The maximum absolute atomic E-state index is 11.6. The lowest BCUT2D eigenvalue weighted by molar-refractivity contribution is -0.141. The first-order valence-electron chi connectivity index (χ1n) is 13.5. The Labute approximate surface area is 241 Å². The molecule has 4 heteroatoms. The van der Waals surface area contributed by atoms with Gasteiger partial charge >= 0.3 is 5.97 Å². The quantitative estimate of drug-likeness (QED) is 0.165. The number of hydrogen-bond acceptors (Lipinski definition) is 4. The molecule has 0 amide bonds. The van der Waals surface area contributed by atoms with Crippen LogP contribution in [0.25, 0.3) is 22.3 Å². The maximum Gasteiger partial charge on any atom is 0.315 e. The highest BCUT2D eigenvalue weighted by atomic mass is 32.1. The molecule has 3 nitrogen and oxygen atoms in total. The van der Waals surface area contributed by atoms with Crippen molar-refractivity contribution in [3.05, 3.63) is 138 Å². The topological polar surface area (TPSA) is 29.5 Å². The molecule has 0 fully saturated rings. The molecule has 1 aliphatic carbocycles. The summed E-state index contributed by atoms with van der Waals surface area (Å²) >= 11 is 3.99. The summed E-state index contributed by atoms with van der Waals surface area (Å²) in [6, 6.07) is 42.9.